The minimum Gasteiger partial charge on any atom is -0.394 e. The Labute approximate surface area is 551 Å². The third-order valence-corrected chi connectivity index (χ3v) is 22.8. The van der Waals surface area contributed by atoms with Crippen LogP contribution in [-0.4, -0.2) is 213 Å². The fourth-order valence-corrected chi connectivity index (χ4v) is 16.9. The number of nitrogen functional groups attached to an aromatic ring is 4. The molecule has 63 heteroatoms. The molecule has 560 valence electrons. The molecule has 5 fully saturated rings. The van der Waals surface area contributed by atoms with E-state index in [0.29, 0.717) is 36.9 Å². The van der Waals surface area contributed by atoms with Gasteiger partial charge in [-0.1, -0.05) is 0 Å². The van der Waals surface area contributed by atoms with Crippen LogP contribution >= 0.6 is 75.5 Å². The first-order valence-electron chi connectivity index (χ1n) is 25.6. The second-order valence-electron chi connectivity index (χ2n) is 19.5. The lowest BCUT2D eigenvalue weighted by Crippen LogP contribution is -2.36. The van der Waals surface area contributed by atoms with Gasteiger partial charge < -0.3 is 122 Å². The lowest BCUT2D eigenvalue weighted by Gasteiger charge is -2.27. The number of hydrogen-bond donors (Lipinski definition) is 19. The van der Waals surface area contributed by atoms with E-state index >= 15 is 0 Å². The summed E-state index contributed by atoms with van der Waals surface area (Å²) in [5.41, 5.74) is 16.3. The molecule has 0 aliphatic carbocycles. The highest BCUT2D eigenvalue weighted by Gasteiger charge is 2.56. The second-order valence-corrected chi connectivity index (χ2v) is 33.2. The van der Waals surface area contributed by atoms with Gasteiger partial charge >= 0.3 is 75.8 Å². The Hall–Kier alpha value is -4.45. The minimum absolute atomic E-state index is 0.435. The Morgan fingerprint density at radius 3 is 1.03 bits per heavy atom. The van der Waals surface area contributed by atoms with Gasteiger partial charge in [-0.3, -0.25) is 31.9 Å². The van der Waals surface area contributed by atoms with E-state index in [1.165, 1.54) is 0 Å². The molecule has 4 aromatic heterocycles. The van der Waals surface area contributed by atoms with Gasteiger partial charge in [0.15, 0.2) is 71.5 Å². The summed E-state index contributed by atoms with van der Waals surface area (Å²) in [5.74, 6) is -6.87. The number of rotatable bonds is 18. The topological polar surface area (TPSA) is 777 Å². The van der Waals surface area contributed by atoms with Crippen LogP contribution in [0.4, 0.5) is 40.8 Å². The highest BCUT2D eigenvalue weighted by atomic mass is 35.9. The van der Waals surface area contributed by atoms with E-state index in [1.807, 2.05) is 0 Å². The van der Waals surface area contributed by atoms with Crippen molar-refractivity contribution in [3.63, 3.8) is 0 Å². The number of phosphoric acid groups is 6. The maximum Gasteiger partial charge on any atom is 0.492 e. The van der Waals surface area contributed by atoms with Crippen molar-refractivity contribution in [3.05, 3.63) is 90.0 Å². The maximum atomic E-state index is 13.6. The molecule has 8 unspecified atom stereocenters. The molecule has 9 rings (SSSR count). The Bertz CT molecular complexity index is 4200. The van der Waals surface area contributed by atoms with Crippen LogP contribution in [0.25, 0.3) is 0 Å². The normalized spacial score (nSPS) is 33.5. The molecule has 50 nitrogen and oxygen atoms in total. The van der Waals surface area contributed by atoms with Crippen LogP contribution < -0.4 is 45.7 Å². The van der Waals surface area contributed by atoms with Crippen LogP contribution in [0.1, 0.15) is 24.9 Å². The zero-order valence-electron chi connectivity index (χ0n) is 47.8. The monoisotopic (exact) mass is 1620 g/mol. The van der Waals surface area contributed by atoms with Gasteiger partial charge in [0.1, 0.15) is 73.2 Å². The van der Waals surface area contributed by atoms with E-state index in [2.05, 4.69) is 55.1 Å². The molecule has 5 aliphatic heterocycles. The average molecular weight is 1620 g/mol. The van der Waals surface area contributed by atoms with Crippen LogP contribution in [0.5, 0.6) is 0 Å². The summed E-state index contributed by atoms with van der Waals surface area (Å²) in [5, 5.41) is 87.7. The summed E-state index contributed by atoms with van der Waals surface area (Å²) in [7, 11) is -32.6. The zero-order valence-corrected chi connectivity index (χ0v) is 55.5. The Kier molecular flexibility index (Phi) is 27.2. The number of ether oxygens (including phenoxy) is 4. The minimum atomic E-state index is -5.76. The molecule has 0 aromatic carbocycles. The first kappa shape index (κ1) is 83.5. The smallest absolute Gasteiger partial charge is 0.394 e. The first-order valence-corrected chi connectivity index (χ1v) is 38.0. The second kappa shape index (κ2) is 32.3. The van der Waals surface area contributed by atoms with E-state index in [0.717, 1.165) is 6.20 Å². The van der Waals surface area contributed by atoms with Gasteiger partial charge in [0.25, 0.3) is 0 Å². The largest absolute Gasteiger partial charge is 0.492 e. The molecule has 5 saturated heterocycles. The molecule has 4 aromatic rings. The van der Waals surface area contributed by atoms with Crippen LogP contribution in [0.3, 0.4) is 0 Å². The van der Waals surface area contributed by atoms with Crippen molar-refractivity contribution in [1.29, 1.82) is 0 Å². The summed E-state index contributed by atoms with van der Waals surface area (Å²) in [4.78, 5) is 113. The third kappa shape index (κ3) is 21.8. The lowest BCUT2D eigenvalue weighted by molar-refractivity contribution is -0.0553. The number of nitrogens with two attached hydrogens (primary N) is 4. The average Bonchev–Trinajstić information content (AvgIpc) is 1.78. The molecule has 5 aliphatic rings. The summed E-state index contributed by atoms with van der Waals surface area (Å²) in [6.07, 6.45) is -26.5. The van der Waals surface area contributed by atoms with Crippen LogP contribution in [0, 0.1) is 23.3 Å². The van der Waals surface area contributed by atoms with Gasteiger partial charge in [0, 0.05) is 0 Å². The molecule has 0 bridgehead atoms. The summed E-state index contributed by atoms with van der Waals surface area (Å²) >= 11 is 10.4. The zero-order chi connectivity index (χ0) is 74.9. The molecule has 0 amide bonds. The molecule has 99 heavy (non-hydrogen) atoms. The Balaban J connectivity index is 0.000000212. The quantitative estimate of drug-likeness (QED) is 0.0327. The predicted molar refractivity (Wildman–Crippen MR) is 304 cm³/mol. The number of hydrogen-bond acceptors (Lipinski definition) is 40. The molecule has 0 radical (unpaired) electrons. The lowest BCUT2D eigenvalue weighted by atomic mass is 10.1. The number of nitrogens with zero attached hydrogens (tertiary/aromatic N) is 8. The van der Waals surface area contributed by atoms with Crippen molar-refractivity contribution in [3.8, 4) is 0 Å². The standard InChI is InChI=1S/C9H11Cl2FN3O6P.C9H15FN3O14P3.C9H13FN3O13P3.C9H12FN3O5/c10-22(11,19)20-2-4-5(16)6(17)8(21-4)15-1-3(12)7(13)14-9(15)18;10-3-1-13(9(16)12-7(3)11)8-6(15)5(14)4(25-8)2-24-29(20,21)27-30(22,23)26-28(17,18)19;10-3-1-13(9(16)12-7(3)11)8-6(15)5(14)4(23-8)2-22-29(21)25-27(17,18)24-28(19,20)26-29;10-3-1-13(9(17)12-7(3)11)8-6(16)5(15)4(2-14)18-8/h1,4-6,8,16-17H,2H2,(H2,13,14,18);1,4-6,8,14-15H,2H2,(H,20,21)(H,22,23)(H2,11,12,16)(H2,17,18,19);1,4-6,8,14-15H,2H2,(H,17,18)(H,19,20)(H2,11,12,16);1,4-6,8,14-16H,2H2,(H2,11,12,17)/t4*4-,5+,6?,8-/m1111/s1. The van der Waals surface area contributed by atoms with Crippen molar-refractivity contribution in [2.45, 2.75) is 98.2 Å². The SMILES string of the molecule is Nc1nc(=O)n([C@@H]2O[C@H](CO)[C@H](O)C2O)cc1F.Nc1nc(=O)n([C@@H]2O[C@H](COP(=O)(Cl)Cl)[C@H](O)C2O)cc1F.Nc1nc(=O)n([C@@H]2O[C@H](COP(=O)(O)OP(=O)(O)OP(=O)(O)O)[C@H](O)C2O)cc1F.Nc1nc(=O)n([C@@H]2O[C@H](COP3(=O)OP(=O)(O)OP(=O)(O)O3)[C@H](O)C2O)cc1F. The highest BCUT2D eigenvalue weighted by Crippen LogP contribution is 2.80. The Morgan fingerprint density at radius 1 is 0.465 bits per heavy atom. The van der Waals surface area contributed by atoms with Crippen molar-refractivity contribution in [1.82, 2.24) is 38.2 Å². The summed E-state index contributed by atoms with van der Waals surface area (Å²) in [6.45, 7) is -3.17. The van der Waals surface area contributed by atoms with Gasteiger partial charge in [-0.2, -0.15) is 41.5 Å². The highest BCUT2D eigenvalue weighted by molar-refractivity contribution is 8.05. The molecule has 23 N–H and O–H groups in total. The molecule has 9 heterocycles. The number of aromatic nitrogens is 8. The van der Waals surface area contributed by atoms with Gasteiger partial charge in [0.05, 0.1) is 51.2 Å². The number of halogens is 6. The molecule has 0 saturated carbocycles. The van der Waals surface area contributed by atoms with Crippen molar-refractivity contribution in [2.75, 3.05) is 49.4 Å². The predicted octanol–water partition coefficient (Wildman–Crippen LogP) is -5.34. The van der Waals surface area contributed by atoms with Gasteiger partial charge in [-0.05, 0) is 22.5 Å². The van der Waals surface area contributed by atoms with Gasteiger partial charge in [0.2, 0.25) is 0 Å². The number of phosphoric ester groups is 1. The van der Waals surface area contributed by atoms with E-state index < -0.39 is 247 Å². The molecule has 0 spiro atoms. The van der Waals surface area contributed by atoms with E-state index in [-0.39, 0.29) is 0 Å². The van der Waals surface area contributed by atoms with Crippen LogP contribution in [0.15, 0.2) is 44.0 Å². The Morgan fingerprint density at radius 2 is 0.747 bits per heavy atom. The van der Waals surface area contributed by atoms with Crippen LogP contribution in [-0.2, 0) is 86.0 Å². The van der Waals surface area contributed by atoms with Gasteiger partial charge in [-0.25, -0.2) is 64.1 Å². The molecule has 20 atom stereocenters. The maximum absolute atomic E-state index is 13.6. The number of aliphatic hydroxyl groups excluding tert-OH is 9. The van der Waals surface area contributed by atoms with Crippen LogP contribution in [0.2, 0.25) is 0 Å². The van der Waals surface area contributed by atoms with E-state index in [9.17, 15) is 114 Å². The van der Waals surface area contributed by atoms with Crippen molar-refractivity contribution in [2.24, 2.45) is 0 Å². The van der Waals surface area contributed by atoms with E-state index in [1.54, 1.807) is 0 Å². The third-order valence-electron chi connectivity index (χ3n) is 12.6. The number of aliphatic hydroxyl groups is 9. The molecular weight excluding hydrogens is 1570 g/mol. The fourth-order valence-electron chi connectivity index (χ4n) is 8.23. The number of anilines is 4. The summed E-state index contributed by atoms with van der Waals surface area (Å²) < 4.78 is 188. The van der Waals surface area contributed by atoms with Crippen molar-refractivity contribution < 1.29 is 179 Å². The summed E-state index contributed by atoms with van der Waals surface area (Å²) in [6, 6.07) is 0. The van der Waals surface area contributed by atoms with Gasteiger partial charge in [-0.15, -0.1) is 0 Å². The first-order chi connectivity index (χ1) is 45.3. The van der Waals surface area contributed by atoms with Crippen molar-refractivity contribution >= 4 is 98.8 Å². The molecular formula is C36H51Cl2F4N12O38P7. The van der Waals surface area contributed by atoms with E-state index in [4.69, 9.17) is 93.9 Å². The fraction of sp³-hybridized carbons (Fsp3) is 0.556.